The molecule has 0 bridgehead atoms. The van der Waals surface area contributed by atoms with Gasteiger partial charge in [0, 0.05) is 18.1 Å². The third-order valence-electron chi connectivity index (χ3n) is 5.27. The Bertz CT molecular complexity index is 528. The maximum atomic E-state index is 11.4. The van der Waals surface area contributed by atoms with E-state index in [-0.39, 0.29) is 0 Å². The van der Waals surface area contributed by atoms with Crippen molar-refractivity contribution in [2.24, 2.45) is 5.41 Å². The molecule has 1 saturated heterocycles. The average molecular weight is 308 g/mol. The van der Waals surface area contributed by atoms with Crippen molar-refractivity contribution >= 4 is 23.3 Å². The zero-order chi connectivity index (χ0) is 14.9. The lowest BCUT2D eigenvalue weighted by Gasteiger charge is -2.45. The van der Waals surface area contributed by atoms with Gasteiger partial charge in [-0.15, -0.1) is 0 Å². The average Bonchev–Trinajstić information content (AvgIpc) is 2.49. The van der Waals surface area contributed by atoms with E-state index in [1.165, 1.54) is 44.9 Å². The second-order valence-corrected chi connectivity index (χ2v) is 6.95. The first-order valence-corrected chi connectivity index (χ1v) is 8.25. The minimum atomic E-state index is -0.898. The van der Waals surface area contributed by atoms with Gasteiger partial charge in [-0.1, -0.05) is 30.9 Å². The van der Waals surface area contributed by atoms with Crippen LogP contribution in [0.1, 0.15) is 55.3 Å². The number of piperidine rings is 1. The zero-order valence-electron chi connectivity index (χ0n) is 12.3. The van der Waals surface area contributed by atoms with Crippen LogP contribution in [0.2, 0.25) is 5.02 Å². The fourth-order valence-corrected chi connectivity index (χ4v) is 4.15. The van der Waals surface area contributed by atoms with Crippen molar-refractivity contribution in [2.75, 3.05) is 18.0 Å². The van der Waals surface area contributed by atoms with Crippen molar-refractivity contribution in [3.05, 3.63) is 28.8 Å². The van der Waals surface area contributed by atoms with Gasteiger partial charge in [-0.2, -0.15) is 0 Å². The molecule has 1 aromatic carbocycles. The van der Waals surface area contributed by atoms with E-state index in [4.69, 9.17) is 11.6 Å². The Hall–Kier alpha value is -1.22. The summed E-state index contributed by atoms with van der Waals surface area (Å²) in [4.78, 5) is 13.6. The summed E-state index contributed by atoms with van der Waals surface area (Å²) >= 11 is 5.93. The molecule has 2 aliphatic rings. The highest BCUT2D eigenvalue weighted by molar-refractivity contribution is 6.31. The lowest BCUT2D eigenvalue weighted by molar-refractivity contribution is 0.0697. The monoisotopic (exact) mass is 307 g/mol. The topological polar surface area (TPSA) is 40.5 Å². The molecule has 1 N–H and O–H groups in total. The number of nitrogens with zero attached hydrogens (tertiary/aromatic N) is 1. The molecule has 0 unspecified atom stereocenters. The van der Waals surface area contributed by atoms with Crippen LogP contribution in [-0.2, 0) is 0 Å². The number of carboxylic acid groups (broad SMARTS) is 1. The molecule has 4 heteroatoms. The molecule has 1 heterocycles. The SMILES string of the molecule is O=C(O)c1cc(Cl)ccc1N1CCC2(CCCCC2)CC1. The molecular weight excluding hydrogens is 286 g/mol. The van der Waals surface area contributed by atoms with Crippen molar-refractivity contribution in [3.63, 3.8) is 0 Å². The minimum Gasteiger partial charge on any atom is -0.478 e. The van der Waals surface area contributed by atoms with Crippen LogP contribution in [0.4, 0.5) is 5.69 Å². The van der Waals surface area contributed by atoms with E-state index in [1.807, 2.05) is 6.07 Å². The number of rotatable bonds is 2. The Balaban J connectivity index is 1.76. The van der Waals surface area contributed by atoms with Gasteiger partial charge in [0.2, 0.25) is 0 Å². The molecule has 1 spiro atoms. The molecular formula is C17H22ClNO2. The van der Waals surface area contributed by atoms with Crippen LogP contribution in [0.5, 0.6) is 0 Å². The van der Waals surface area contributed by atoms with Crippen LogP contribution >= 0.6 is 11.6 Å². The third-order valence-corrected chi connectivity index (χ3v) is 5.50. The molecule has 0 atom stereocenters. The number of hydrogen-bond donors (Lipinski definition) is 1. The van der Waals surface area contributed by atoms with Crippen molar-refractivity contribution < 1.29 is 9.90 Å². The van der Waals surface area contributed by atoms with Crippen LogP contribution in [0.15, 0.2) is 18.2 Å². The molecule has 1 aromatic rings. The quantitative estimate of drug-likeness (QED) is 0.868. The number of benzene rings is 1. The second-order valence-electron chi connectivity index (χ2n) is 6.51. The van der Waals surface area contributed by atoms with E-state index in [0.717, 1.165) is 18.8 Å². The first-order chi connectivity index (χ1) is 10.1. The van der Waals surface area contributed by atoms with Crippen molar-refractivity contribution in [3.8, 4) is 0 Å². The minimum absolute atomic E-state index is 0.321. The van der Waals surface area contributed by atoms with Gasteiger partial charge in [0.05, 0.1) is 11.3 Å². The molecule has 0 radical (unpaired) electrons. The highest BCUT2D eigenvalue weighted by atomic mass is 35.5. The van der Waals surface area contributed by atoms with Crippen LogP contribution in [-0.4, -0.2) is 24.2 Å². The first kappa shape index (κ1) is 14.7. The third kappa shape index (κ3) is 3.03. The number of carboxylic acids is 1. The van der Waals surface area contributed by atoms with Crippen LogP contribution in [0.3, 0.4) is 0 Å². The van der Waals surface area contributed by atoms with Crippen molar-refractivity contribution in [1.82, 2.24) is 0 Å². The number of anilines is 1. The first-order valence-electron chi connectivity index (χ1n) is 7.88. The summed E-state index contributed by atoms with van der Waals surface area (Å²) in [5.41, 5.74) is 1.67. The Labute approximate surface area is 130 Å². The highest BCUT2D eigenvalue weighted by Crippen LogP contribution is 2.45. The maximum Gasteiger partial charge on any atom is 0.337 e. The standard InChI is InChI=1S/C17H22ClNO2/c18-13-4-5-15(14(12-13)16(20)21)19-10-8-17(9-11-19)6-2-1-3-7-17/h4-5,12H,1-3,6-11H2,(H,20,21). The number of carbonyl (C=O) groups is 1. The number of aromatic carboxylic acids is 1. The van der Waals surface area contributed by atoms with E-state index < -0.39 is 5.97 Å². The molecule has 3 nitrogen and oxygen atoms in total. The highest BCUT2D eigenvalue weighted by Gasteiger charge is 2.36. The molecule has 2 fully saturated rings. The zero-order valence-corrected chi connectivity index (χ0v) is 13.0. The van der Waals surface area contributed by atoms with E-state index in [9.17, 15) is 9.90 Å². The summed E-state index contributed by atoms with van der Waals surface area (Å²) in [6.07, 6.45) is 9.19. The van der Waals surface area contributed by atoms with Gasteiger partial charge in [0.15, 0.2) is 0 Å². The Morgan fingerprint density at radius 2 is 1.76 bits per heavy atom. The molecule has 1 saturated carbocycles. The molecule has 1 aliphatic carbocycles. The van der Waals surface area contributed by atoms with Crippen LogP contribution in [0, 0.1) is 5.41 Å². The largest absolute Gasteiger partial charge is 0.478 e. The van der Waals surface area contributed by atoms with Gasteiger partial charge in [0.25, 0.3) is 0 Å². The van der Waals surface area contributed by atoms with Gasteiger partial charge in [0.1, 0.15) is 0 Å². The van der Waals surface area contributed by atoms with Gasteiger partial charge in [-0.3, -0.25) is 0 Å². The molecule has 3 rings (SSSR count). The van der Waals surface area contributed by atoms with Crippen molar-refractivity contribution in [1.29, 1.82) is 0 Å². The summed E-state index contributed by atoms with van der Waals surface area (Å²) in [6.45, 7) is 1.92. The van der Waals surface area contributed by atoms with Gasteiger partial charge in [-0.25, -0.2) is 4.79 Å². The van der Waals surface area contributed by atoms with Crippen LogP contribution in [0.25, 0.3) is 0 Å². The van der Waals surface area contributed by atoms with Crippen LogP contribution < -0.4 is 4.90 Å². The van der Waals surface area contributed by atoms with E-state index in [0.29, 0.717) is 16.0 Å². The van der Waals surface area contributed by atoms with Gasteiger partial charge >= 0.3 is 5.97 Å². The molecule has 1 aliphatic heterocycles. The molecule has 0 aromatic heterocycles. The fourth-order valence-electron chi connectivity index (χ4n) is 3.98. The van der Waals surface area contributed by atoms with Crippen molar-refractivity contribution in [2.45, 2.75) is 44.9 Å². The Morgan fingerprint density at radius 1 is 1.10 bits per heavy atom. The van der Waals surface area contributed by atoms with E-state index in [2.05, 4.69) is 4.90 Å². The van der Waals surface area contributed by atoms with Gasteiger partial charge < -0.3 is 10.0 Å². The van der Waals surface area contributed by atoms with E-state index >= 15 is 0 Å². The summed E-state index contributed by atoms with van der Waals surface area (Å²) in [5, 5.41) is 9.86. The smallest absolute Gasteiger partial charge is 0.337 e. The normalized spacial score (nSPS) is 21.5. The molecule has 114 valence electrons. The van der Waals surface area contributed by atoms with Gasteiger partial charge in [-0.05, 0) is 49.3 Å². The summed E-state index contributed by atoms with van der Waals surface area (Å²) in [6, 6.07) is 5.20. The Kier molecular flexibility index (Phi) is 4.12. The fraction of sp³-hybridized carbons (Fsp3) is 0.588. The Morgan fingerprint density at radius 3 is 2.38 bits per heavy atom. The number of halogens is 1. The van der Waals surface area contributed by atoms with E-state index in [1.54, 1.807) is 12.1 Å². The predicted octanol–water partition coefficient (Wildman–Crippen LogP) is 4.59. The summed E-state index contributed by atoms with van der Waals surface area (Å²) in [7, 11) is 0. The lowest BCUT2D eigenvalue weighted by Crippen LogP contribution is -2.41. The lowest BCUT2D eigenvalue weighted by atomic mass is 9.68. The summed E-state index contributed by atoms with van der Waals surface area (Å²) < 4.78 is 0. The number of hydrogen-bond acceptors (Lipinski definition) is 2. The molecule has 0 amide bonds. The maximum absolute atomic E-state index is 11.4. The summed E-state index contributed by atoms with van der Waals surface area (Å²) in [5.74, 6) is -0.898. The second kappa shape index (κ2) is 5.88. The predicted molar refractivity (Wildman–Crippen MR) is 85.4 cm³/mol. The molecule has 21 heavy (non-hydrogen) atoms.